The van der Waals surface area contributed by atoms with Gasteiger partial charge in [-0.05, 0) is 101 Å². The van der Waals surface area contributed by atoms with Crippen LogP contribution >= 0.6 is 0 Å². The number of benzene rings is 11. The number of fused-ring (bicyclic) bond motifs is 13. The fourth-order valence-corrected chi connectivity index (χ4v) is 10.2. The lowest BCUT2D eigenvalue weighted by Gasteiger charge is -2.17. The maximum Gasteiger partial charge on any atom is 0.138 e. The molecule has 2 nitrogen and oxygen atoms in total. The lowest BCUT2D eigenvalue weighted by Crippen LogP contribution is -2.01. The second kappa shape index (κ2) is 13.2. The minimum Gasteiger partial charge on any atom is -0.292 e. The Hall–Kier alpha value is -8.07. The Morgan fingerprint density at radius 1 is 0.279 bits per heavy atom. The van der Waals surface area contributed by atoms with E-state index in [2.05, 4.69) is 223 Å². The molecule has 0 aliphatic rings. The number of para-hydroxylation sites is 1. The fraction of sp³-hybridized carbons (Fsp3) is 0. The van der Waals surface area contributed by atoms with Crippen LogP contribution in [0.1, 0.15) is 0 Å². The molecule has 0 unspecified atom stereocenters. The number of hydrogen-bond acceptors (Lipinski definition) is 1. The first-order chi connectivity index (χ1) is 30.3. The van der Waals surface area contributed by atoms with Crippen LogP contribution in [-0.2, 0) is 0 Å². The number of pyridine rings is 1. The molecule has 282 valence electrons. The average molecular weight is 773 g/mol. The third kappa shape index (κ3) is 5.13. The predicted molar refractivity (Wildman–Crippen MR) is 260 cm³/mol. The maximum absolute atomic E-state index is 5.58. The van der Waals surface area contributed by atoms with Gasteiger partial charge in [0.2, 0.25) is 0 Å². The Morgan fingerprint density at radius 3 is 1.54 bits per heavy atom. The Kier molecular flexibility index (Phi) is 7.34. The summed E-state index contributed by atoms with van der Waals surface area (Å²) in [5.74, 6) is 0.894. The zero-order chi connectivity index (χ0) is 40.0. The zero-order valence-corrected chi connectivity index (χ0v) is 33.2. The first kappa shape index (κ1) is 33.9. The van der Waals surface area contributed by atoms with Crippen LogP contribution in [0.15, 0.2) is 218 Å². The molecule has 0 spiro atoms. The maximum atomic E-state index is 5.58. The van der Waals surface area contributed by atoms with Crippen LogP contribution in [0.3, 0.4) is 0 Å². The van der Waals surface area contributed by atoms with Crippen molar-refractivity contribution in [2.24, 2.45) is 0 Å². The summed E-state index contributed by atoms with van der Waals surface area (Å²) in [5, 5.41) is 16.0. The molecule has 0 N–H and O–H groups in total. The number of aromatic nitrogens is 2. The molecule has 0 atom stereocenters. The molecule has 0 saturated carbocycles. The van der Waals surface area contributed by atoms with Crippen molar-refractivity contribution in [2.45, 2.75) is 0 Å². The first-order valence-corrected chi connectivity index (χ1v) is 21.0. The Bertz CT molecular complexity index is 3880. The van der Waals surface area contributed by atoms with E-state index >= 15 is 0 Å². The lowest BCUT2D eigenvalue weighted by molar-refractivity contribution is 1.11. The van der Waals surface area contributed by atoms with Crippen LogP contribution in [0.4, 0.5) is 0 Å². The third-order valence-electron chi connectivity index (χ3n) is 12.9. The van der Waals surface area contributed by atoms with E-state index in [0.717, 1.165) is 38.9 Å². The van der Waals surface area contributed by atoms with Gasteiger partial charge in [-0.3, -0.25) is 4.57 Å². The van der Waals surface area contributed by atoms with Gasteiger partial charge in [-0.1, -0.05) is 194 Å². The summed E-state index contributed by atoms with van der Waals surface area (Å²) in [4.78, 5) is 5.58. The van der Waals surface area contributed by atoms with Gasteiger partial charge in [-0.2, -0.15) is 0 Å². The smallest absolute Gasteiger partial charge is 0.138 e. The third-order valence-corrected chi connectivity index (χ3v) is 12.9. The van der Waals surface area contributed by atoms with Crippen molar-refractivity contribution in [1.82, 2.24) is 9.55 Å². The van der Waals surface area contributed by atoms with E-state index in [1.165, 1.54) is 86.9 Å². The van der Waals surface area contributed by atoms with E-state index in [4.69, 9.17) is 4.98 Å². The van der Waals surface area contributed by atoms with Gasteiger partial charge < -0.3 is 0 Å². The number of rotatable bonds is 4. The molecule has 13 aromatic rings. The normalized spacial score (nSPS) is 11.9. The molecule has 0 aliphatic carbocycles. The second-order valence-corrected chi connectivity index (χ2v) is 16.2. The molecule has 0 bridgehead atoms. The molecule has 13 rings (SSSR count). The van der Waals surface area contributed by atoms with Gasteiger partial charge in [0.15, 0.2) is 0 Å². The minimum absolute atomic E-state index is 0.894. The molecule has 0 saturated heterocycles. The molecular formula is C59H36N2. The van der Waals surface area contributed by atoms with Crippen LogP contribution in [0, 0.1) is 0 Å². The van der Waals surface area contributed by atoms with Gasteiger partial charge in [0.05, 0.1) is 16.6 Å². The van der Waals surface area contributed by atoms with Gasteiger partial charge in [-0.25, -0.2) is 4.98 Å². The van der Waals surface area contributed by atoms with Gasteiger partial charge in [-0.15, -0.1) is 0 Å². The summed E-state index contributed by atoms with van der Waals surface area (Å²) < 4.78 is 2.48. The lowest BCUT2D eigenvalue weighted by atomic mass is 9.90. The average Bonchev–Trinajstić information content (AvgIpc) is 3.67. The second-order valence-electron chi connectivity index (χ2n) is 16.2. The Labute approximate surface area is 352 Å². The zero-order valence-electron chi connectivity index (χ0n) is 33.2. The summed E-state index contributed by atoms with van der Waals surface area (Å²) in [7, 11) is 0. The molecule has 0 amide bonds. The highest BCUT2D eigenvalue weighted by atomic mass is 15.1. The highest BCUT2D eigenvalue weighted by Crippen LogP contribution is 2.46. The van der Waals surface area contributed by atoms with Gasteiger partial charge in [0, 0.05) is 27.1 Å². The van der Waals surface area contributed by atoms with Gasteiger partial charge in [0.25, 0.3) is 0 Å². The van der Waals surface area contributed by atoms with E-state index < -0.39 is 0 Å². The summed E-state index contributed by atoms with van der Waals surface area (Å²) in [5.41, 5.74) is 10.4. The molecule has 0 radical (unpaired) electrons. The van der Waals surface area contributed by atoms with Crippen molar-refractivity contribution in [3.8, 4) is 39.2 Å². The van der Waals surface area contributed by atoms with E-state index in [-0.39, 0.29) is 0 Å². The van der Waals surface area contributed by atoms with Crippen molar-refractivity contribution >= 4 is 86.6 Å². The molecule has 2 heteroatoms. The highest BCUT2D eigenvalue weighted by molar-refractivity contribution is 6.28. The quantitative estimate of drug-likeness (QED) is 0.163. The largest absolute Gasteiger partial charge is 0.292 e. The molecule has 61 heavy (non-hydrogen) atoms. The van der Waals surface area contributed by atoms with Crippen molar-refractivity contribution in [2.75, 3.05) is 0 Å². The predicted octanol–water partition coefficient (Wildman–Crippen LogP) is 16.1. The van der Waals surface area contributed by atoms with Crippen LogP contribution < -0.4 is 0 Å². The summed E-state index contributed by atoms with van der Waals surface area (Å²) in [6.45, 7) is 0. The molecule has 2 aromatic heterocycles. The van der Waals surface area contributed by atoms with E-state index in [0.29, 0.717) is 0 Å². The highest BCUT2D eigenvalue weighted by Gasteiger charge is 2.23. The van der Waals surface area contributed by atoms with Crippen LogP contribution in [0.25, 0.3) is 126 Å². The first-order valence-electron chi connectivity index (χ1n) is 21.0. The fourth-order valence-electron chi connectivity index (χ4n) is 10.2. The van der Waals surface area contributed by atoms with Crippen molar-refractivity contribution in [3.05, 3.63) is 218 Å². The van der Waals surface area contributed by atoms with E-state index in [9.17, 15) is 0 Å². The standard InChI is InChI=1S/C59H36N2/c1-2-14-37(15-3-1)38-26-28-40(29-27-38)52-36-56(60-55-25-13-12-24-50(52)55)61-58-44-19-7-4-16-39(44)30-33-51(58)54-34-41-17-5-6-18-43(41)57(59(54)61)42-31-32-49-47-22-9-8-20-45(47)46-21-10-11-23-48(46)53(49)35-42/h1-36H. The topological polar surface area (TPSA) is 17.8 Å². The van der Waals surface area contributed by atoms with E-state index in [1.54, 1.807) is 0 Å². The summed E-state index contributed by atoms with van der Waals surface area (Å²) >= 11 is 0. The SMILES string of the molecule is c1ccc(-c2ccc(-c3cc(-n4c5c(-c6ccc7c8ccccc8c8ccccc8c7c6)c6ccccc6cc5c5ccc6ccccc6c54)nc4ccccc34)cc2)cc1. The number of hydrogen-bond donors (Lipinski definition) is 0. The minimum atomic E-state index is 0.894. The van der Waals surface area contributed by atoms with Crippen LogP contribution in [-0.4, -0.2) is 9.55 Å². The number of nitrogens with zero attached hydrogens (tertiary/aromatic N) is 2. The summed E-state index contributed by atoms with van der Waals surface area (Å²) in [6.07, 6.45) is 0. The summed E-state index contributed by atoms with van der Waals surface area (Å²) in [6, 6.07) is 80.0. The van der Waals surface area contributed by atoms with Gasteiger partial charge >= 0.3 is 0 Å². The van der Waals surface area contributed by atoms with E-state index in [1.807, 2.05) is 0 Å². The monoisotopic (exact) mass is 772 g/mol. The van der Waals surface area contributed by atoms with Crippen LogP contribution in [0.5, 0.6) is 0 Å². The van der Waals surface area contributed by atoms with Crippen LogP contribution in [0.2, 0.25) is 0 Å². The van der Waals surface area contributed by atoms with Gasteiger partial charge in [0.1, 0.15) is 5.82 Å². The van der Waals surface area contributed by atoms with Crippen molar-refractivity contribution in [3.63, 3.8) is 0 Å². The Morgan fingerprint density at radius 2 is 0.803 bits per heavy atom. The molecule has 0 fully saturated rings. The Balaban J connectivity index is 1.17. The molecular weight excluding hydrogens is 737 g/mol. The molecule has 2 heterocycles. The van der Waals surface area contributed by atoms with Crippen molar-refractivity contribution < 1.29 is 0 Å². The molecule has 0 aliphatic heterocycles. The van der Waals surface area contributed by atoms with Crippen molar-refractivity contribution in [1.29, 1.82) is 0 Å². The molecule has 11 aromatic carbocycles.